The van der Waals surface area contributed by atoms with Gasteiger partial charge in [-0.3, -0.25) is 9.36 Å². The maximum Gasteiger partial charge on any atom is 0.338 e. The number of hydrogen-bond donors (Lipinski definition) is 0. The second-order valence-electron chi connectivity index (χ2n) is 8.36. The number of halogens is 1. The molecule has 38 heavy (non-hydrogen) atoms. The number of hydrogen-bond acceptors (Lipinski definition) is 7. The first-order chi connectivity index (χ1) is 18.4. The average Bonchev–Trinajstić information content (AvgIpc) is 3.22. The number of benzene rings is 2. The predicted octanol–water partition coefficient (Wildman–Crippen LogP) is 4.25. The molecule has 0 radical (unpaired) electrons. The Kier molecular flexibility index (Phi) is 8.72. The Balaban J connectivity index is 1.95. The molecule has 3 aromatic rings. The standard InChI is InChI=1S/C29H27ClN2O5S/c1-5-8-22-25(28(34)36-7-3)26(21-17-19(30)11-14-23(21)35-4)32-27(33)24(38-29(32)31-22)16-18-9-12-20(13-10-18)37-15-6-2/h2,9-14,16-17,26H,5,7-8,15H2,1,3-4H3/b24-16+/t26-/m0/s1. The molecule has 4 rings (SSSR count). The monoisotopic (exact) mass is 550 g/mol. The quantitative estimate of drug-likeness (QED) is 0.294. The van der Waals surface area contributed by atoms with Gasteiger partial charge in [0.15, 0.2) is 4.80 Å². The van der Waals surface area contributed by atoms with Gasteiger partial charge in [0.1, 0.15) is 24.1 Å². The number of nitrogens with zero attached hydrogens (tertiary/aromatic N) is 2. The van der Waals surface area contributed by atoms with Crippen LogP contribution in [-0.2, 0) is 9.53 Å². The SMILES string of the molecule is C#CCOc1ccc(/C=c2/sc3n(c2=O)[C@@H](c2cc(Cl)ccc2OC)C(C(=O)OCC)=C(CCC)N=3)cc1. The van der Waals surface area contributed by atoms with Gasteiger partial charge in [-0.1, -0.05) is 54.3 Å². The summed E-state index contributed by atoms with van der Waals surface area (Å²) in [5, 5.41) is 0.451. The van der Waals surface area contributed by atoms with E-state index in [1.165, 1.54) is 23.0 Å². The smallest absolute Gasteiger partial charge is 0.338 e. The highest BCUT2D eigenvalue weighted by molar-refractivity contribution is 7.07. The normalized spacial score (nSPS) is 14.9. The van der Waals surface area contributed by atoms with E-state index in [4.69, 9.17) is 37.2 Å². The summed E-state index contributed by atoms with van der Waals surface area (Å²) in [6.45, 7) is 4.11. The van der Waals surface area contributed by atoms with Crippen molar-refractivity contribution in [1.82, 2.24) is 4.57 Å². The lowest BCUT2D eigenvalue weighted by atomic mass is 9.93. The number of thiazole rings is 1. The first kappa shape index (κ1) is 27.2. The number of terminal acetylenes is 1. The third-order valence-electron chi connectivity index (χ3n) is 5.88. The van der Waals surface area contributed by atoms with E-state index < -0.39 is 12.0 Å². The summed E-state index contributed by atoms with van der Waals surface area (Å²) in [5.41, 5.74) is 1.99. The van der Waals surface area contributed by atoms with Gasteiger partial charge >= 0.3 is 5.97 Å². The summed E-state index contributed by atoms with van der Waals surface area (Å²) >= 11 is 7.64. The van der Waals surface area contributed by atoms with Crippen LogP contribution >= 0.6 is 22.9 Å². The highest BCUT2D eigenvalue weighted by Gasteiger charge is 2.36. The van der Waals surface area contributed by atoms with E-state index in [9.17, 15) is 9.59 Å². The molecule has 0 spiro atoms. The van der Waals surface area contributed by atoms with E-state index in [0.717, 1.165) is 12.0 Å². The maximum atomic E-state index is 13.9. The Morgan fingerprint density at radius 1 is 1.24 bits per heavy atom. The van der Waals surface area contributed by atoms with Gasteiger partial charge < -0.3 is 14.2 Å². The summed E-state index contributed by atoms with van der Waals surface area (Å²) in [7, 11) is 1.54. The van der Waals surface area contributed by atoms with Crippen molar-refractivity contribution in [2.75, 3.05) is 20.3 Å². The number of esters is 1. The van der Waals surface area contributed by atoms with Crippen molar-refractivity contribution in [3.8, 4) is 23.8 Å². The van der Waals surface area contributed by atoms with Crippen LogP contribution in [0, 0.1) is 12.3 Å². The molecule has 1 aliphatic rings. The first-order valence-electron chi connectivity index (χ1n) is 12.1. The minimum Gasteiger partial charge on any atom is -0.496 e. The van der Waals surface area contributed by atoms with Gasteiger partial charge in [-0.25, -0.2) is 9.79 Å². The molecule has 0 bridgehead atoms. The second kappa shape index (κ2) is 12.2. The Labute approximate surface area is 229 Å². The predicted molar refractivity (Wildman–Crippen MR) is 148 cm³/mol. The molecule has 0 aliphatic carbocycles. The zero-order valence-corrected chi connectivity index (χ0v) is 22.9. The maximum absolute atomic E-state index is 13.9. The summed E-state index contributed by atoms with van der Waals surface area (Å²) in [4.78, 5) is 32.4. The molecule has 0 unspecified atom stereocenters. The Bertz CT molecular complexity index is 1600. The van der Waals surface area contributed by atoms with Crippen LogP contribution in [0.3, 0.4) is 0 Å². The number of aromatic nitrogens is 1. The molecule has 9 heteroatoms. The fraction of sp³-hybridized carbons (Fsp3) is 0.276. The van der Waals surface area contributed by atoms with Crippen molar-refractivity contribution in [1.29, 1.82) is 0 Å². The largest absolute Gasteiger partial charge is 0.496 e. The zero-order valence-electron chi connectivity index (χ0n) is 21.3. The minimum absolute atomic E-state index is 0.174. The van der Waals surface area contributed by atoms with Crippen LogP contribution in [0.4, 0.5) is 0 Å². The van der Waals surface area contributed by atoms with Crippen LogP contribution in [0.2, 0.25) is 5.02 Å². The van der Waals surface area contributed by atoms with E-state index in [-0.39, 0.29) is 18.8 Å². The fourth-order valence-corrected chi connectivity index (χ4v) is 5.47. The molecule has 0 saturated heterocycles. The van der Waals surface area contributed by atoms with E-state index in [0.29, 0.717) is 49.1 Å². The van der Waals surface area contributed by atoms with E-state index >= 15 is 0 Å². The highest BCUT2D eigenvalue weighted by atomic mass is 35.5. The second-order valence-corrected chi connectivity index (χ2v) is 9.81. The van der Waals surface area contributed by atoms with E-state index in [1.54, 1.807) is 43.3 Å². The highest BCUT2D eigenvalue weighted by Crippen LogP contribution is 2.38. The number of fused-ring (bicyclic) bond motifs is 1. The lowest BCUT2D eigenvalue weighted by Gasteiger charge is -2.27. The zero-order chi connectivity index (χ0) is 27.2. The van der Waals surface area contributed by atoms with E-state index in [1.807, 2.05) is 19.1 Å². The van der Waals surface area contributed by atoms with Gasteiger partial charge in [-0.05, 0) is 55.3 Å². The van der Waals surface area contributed by atoms with Crippen LogP contribution < -0.4 is 24.4 Å². The van der Waals surface area contributed by atoms with Crippen molar-refractivity contribution in [3.63, 3.8) is 0 Å². The Morgan fingerprint density at radius 2 is 2.00 bits per heavy atom. The lowest BCUT2D eigenvalue weighted by molar-refractivity contribution is -0.139. The van der Waals surface area contributed by atoms with Gasteiger partial charge in [0.2, 0.25) is 0 Å². The van der Waals surface area contributed by atoms with Crippen LogP contribution in [0.15, 0.2) is 63.5 Å². The summed E-state index contributed by atoms with van der Waals surface area (Å²) in [6.07, 6.45) is 8.33. The summed E-state index contributed by atoms with van der Waals surface area (Å²) < 4.78 is 18.5. The van der Waals surface area contributed by atoms with Crippen molar-refractivity contribution in [2.45, 2.75) is 32.7 Å². The number of ether oxygens (including phenoxy) is 3. The molecular weight excluding hydrogens is 524 g/mol. The molecule has 1 aromatic heterocycles. The third-order valence-corrected chi connectivity index (χ3v) is 7.10. The number of methoxy groups -OCH3 is 1. The lowest BCUT2D eigenvalue weighted by Crippen LogP contribution is -2.40. The minimum atomic E-state index is -0.817. The molecule has 1 atom stereocenters. The Hall–Kier alpha value is -3.80. The van der Waals surface area contributed by atoms with Gasteiger partial charge in [0.05, 0.1) is 29.5 Å². The van der Waals surface area contributed by atoms with E-state index in [2.05, 4.69) is 5.92 Å². The van der Waals surface area contributed by atoms with Crippen LogP contribution in [0.5, 0.6) is 11.5 Å². The number of allylic oxidation sites excluding steroid dienone is 1. The first-order valence-corrected chi connectivity index (χ1v) is 13.3. The van der Waals surface area contributed by atoms with Crippen molar-refractivity contribution >= 4 is 35.0 Å². The molecule has 196 valence electrons. The molecule has 0 amide bonds. The number of carbonyl (C=O) groups is 1. The molecule has 0 N–H and O–H groups in total. The van der Waals surface area contributed by atoms with Gasteiger partial charge in [-0.15, -0.1) is 6.42 Å². The van der Waals surface area contributed by atoms with Crippen molar-refractivity contribution < 1.29 is 19.0 Å². The molecule has 0 saturated carbocycles. The fourth-order valence-electron chi connectivity index (χ4n) is 4.27. The number of carbonyl (C=O) groups excluding carboxylic acids is 1. The average molecular weight is 551 g/mol. The van der Waals surface area contributed by atoms with Crippen molar-refractivity contribution in [2.24, 2.45) is 4.99 Å². The van der Waals surface area contributed by atoms with Crippen LogP contribution in [-0.4, -0.2) is 30.9 Å². The van der Waals surface area contributed by atoms with Crippen LogP contribution in [0.1, 0.15) is 43.9 Å². The molecule has 1 aliphatic heterocycles. The van der Waals surface area contributed by atoms with Gasteiger partial charge in [-0.2, -0.15) is 0 Å². The molecular formula is C29H27ClN2O5S. The van der Waals surface area contributed by atoms with Crippen molar-refractivity contribution in [3.05, 3.63) is 89.6 Å². The van der Waals surface area contributed by atoms with Crippen LogP contribution in [0.25, 0.3) is 6.08 Å². The molecule has 0 fully saturated rings. The topological polar surface area (TPSA) is 79.1 Å². The third kappa shape index (κ3) is 5.54. The molecule has 2 heterocycles. The molecule has 7 nitrogen and oxygen atoms in total. The molecule has 2 aromatic carbocycles. The Morgan fingerprint density at radius 3 is 2.66 bits per heavy atom. The summed E-state index contributed by atoms with van der Waals surface area (Å²) in [6, 6.07) is 11.6. The van der Waals surface area contributed by atoms with Gasteiger partial charge in [0, 0.05) is 10.6 Å². The number of rotatable bonds is 9. The summed E-state index contributed by atoms with van der Waals surface area (Å²) in [5.74, 6) is 3.04. The van der Waals surface area contributed by atoms with Gasteiger partial charge in [0.25, 0.3) is 5.56 Å².